The van der Waals surface area contributed by atoms with Crippen molar-refractivity contribution in [1.29, 1.82) is 0 Å². The molecule has 9 nitrogen and oxygen atoms in total. The fraction of sp³-hybridized carbons (Fsp3) is 0.300. The number of aromatic nitrogens is 3. The summed E-state index contributed by atoms with van der Waals surface area (Å²) >= 11 is 0. The van der Waals surface area contributed by atoms with E-state index in [1.165, 1.54) is 12.6 Å². The van der Waals surface area contributed by atoms with Crippen LogP contribution in [-0.4, -0.2) is 32.9 Å². The van der Waals surface area contributed by atoms with Crippen molar-refractivity contribution in [3.8, 4) is 11.3 Å². The molecule has 1 aromatic carbocycles. The summed E-state index contributed by atoms with van der Waals surface area (Å²) < 4.78 is 5.34. The maximum atomic E-state index is 11.9. The normalized spacial score (nSPS) is 18.9. The Kier molecular flexibility index (Phi) is 5.39. The minimum Gasteiger partial charge on any atom is -0.444 e. The van der Waals surface area contributed by atoms with Crippen molar-refractivity contribution in [1.82, 2.24) is 15.0 Å². The lowest BCUT2D eigenvalue weighted by molar-refractivity contribution is 0.100. The van der Waals surface area contributed by atoms with E-state index < -0.39 is 5.91 Å². The van der Waals surface area contributed by atoms with E-state index in [0.29, 0.717) is 17.5 Å². The molecule has 9 heteroatoms. The molecule has 2 heterocycles. The first-order chi connectivity index (χ1) is 14.1. The number of carbonyl (C=O) groups excluding carboxylic acids is 1. The Balaban J connectivity index is 1.60. The Morgan fingerprint density at radius 2 is 2.07 bits per heavy atom. The summed E-state index contributed by atoms with van der Waals surface area (Å²) in [7, 11) is 0. The molecular formula is C20H23N7O2. The van der Waals surface area contributed by atoms with Crippen LogP contribution >= 0.6 is 0 Å². The molecule has 0 saturated heterocycles. The highest BCUT2D eigenvalue weighted by atomic mass is 16.3. The standard InChI is InChI=1S/C20H23N7O2/c21-15-6-1-2-7-16(15)26-20-24-9-14(18(22)28)19(27-20)25-13-5-3-4-12(8-13)17-10-23-11-29-17/h3-5,8-11,15-16H,1-2,6-7,21H2,(H2,22,28)(H2,24,25,26,27)/t15-,16+/m0/s1. The molecule has 150 valence electrons. The van der Waals surface area contributed by atoms with Crippen LogP contribution in [0.15, 0.2) is 47.5 Å². The summed E-state index contributed by atoms with van der Waals surface area (Å²) in [4.78, 5) is 24.5. The second-order valence-corrected chi connectivity index (χ2v) is 7.09. The van der Waals surface area contributed by atoms with Crippen LogP contribution in [0.4, 0.5) is 17.5 Å². The van der Waals surface area contributed by atoms with Gasteiger partial charge in [-0.3, -0.25) is 4.79 Å². The summed E-state index contributed by atoms with van der Waals surface area (Å²) in [5.74, 6) is 0.764. The number of carbonyl (C=O) groups is 1. The largest absolute Gasteiger partial charge is 0.444 e. The second-order valence-electron chi connectivity index (χ2n) is 7.09. The van der Waals surface area contributed by atoms with Crippen LogP contribution in [0.3, 0.4) is 0 Å². The van der Waals surface area contributed by atoms with E-state index in [1.807, 2.05) is 24.3 Å². The first kappa shape index (κ1) is 18.9. The Morgan fingerprint density at radius 3 is 2.83 bits per heavy atom. The summed E-state index contributed by atoms with van der Waals surface area (Å²) in [6, 6.07) is 7.65. The second kappa shape index (κ2) is 8.27. The molecule has 2 aromatic heterocycles. The Morgan fingerprint density at radius 1 is 1.21 bits per heavy atom. The lowest BCUT2D eigenvalue weighted by Crippen LogP contribution is -2.43. The highest BCUT2D eigenvalue weighted by Gasteiger charge is 2.23. The van der Waals surface area contributed by atoms with Gasteiger partial charge in [-0.1, -0.05) is 25.0 Å². The molecular weight excluding hydrogens is 370 g/mol. The number of hydrogen-bond donors (Lipinski definition) is 4. The van der Waals surface area contributed by atoms with Gasteiger partial charge >= 0.3 is 0 Å². The number of benzene rings is 1. The van der Waals surface area contributed by atoms with Gasteiger partial charge in [0.05, 0.1) is 6.20 Å². The zero-order valence-electron chi connectivity index (χ0n) is 15.8. The summed E-state index contributed by atoms with van der Waals surface area (Å²) in [5, 5.41) is 6.45. The van der Waals surface area contributed by atoms with Crippen LogP contribution in [0, 0.1) is 0 Å². The van der Waals surface area contributed by atoms with Crippen molar-refractivity contribution >= 4 is 23.4 Å². The van der Waals surface area contributed by atoms with Gasteiger partial charge < -0.3 is 26.5 Å². The van der Waals surface area contributed by atoms with Gasteiger partial charge in [0.15, 0.2) is 12.2 Å². The average Bonchev–Trinajstić information content (AvgIpc) is 3.25. The smallest absolute Gasteiger partial charge is 0.254 e. The third-order valence-corrected chi connectivity index (χ3v) is 5.03. The van der Waals surface area contributed by atoms with Crippen LogP contribution in [0.1, 0.15) is 36.0 Å². The molecule has 1 fully saturated rings. The van der Waals surface area contributed by atoms with Gasteiger partial charge in [-0.2, -0.15) is 4.98 Å². The first-order valence-corrected chi connectivity index (χ1v) is 9.55. The van der Waals surface area contributed by atoms with Crippen LogP contribution in [0.2, 0.25) is 0 Å². The van der Waals surface area contributed by atoms with Gasteiger partial charge in [-0.05, 0) is 25.0 Å². The van der Waals surface area contributed by atoms with Crippen molar-refractivity contribution in [2.24, 2.45) is 11.5 Å². The van der Waals surface area contributed by atoms with E-state index in [1.54, 1.807) is 6.20 Å². The molecule has 1 saturated carbocycles. The van der Waals surface area contributed by atoms with Crippen molar-refractivity contribution in [2.45, 2.75) is 37.8 Å². The van der Waals surface area contributed by atoms with E-state index in [0.717, 1.165) is 36.9 Å². The fourth-order valence-corrected chi connectivity index (χ4v) is 3.48. The zero-order valence-corrected chi connectivity index (χ0v) is 15.8. The van der Waals surface area contributed by atoms with E-state index >= 15 is 0 Å². The average molecular weight is 393 g/mol. The minimum atomic E-state index is -0.611. The van der Waals surface area contributed by atoms with Gasteiger partial charge in [0.2, 0.25) is 5.95 Å². The minimum absolute atomic E-state index is 0.0539. The number of primary amides is 1. The maximum Gasteiger partial charge on any atom is 0.254 e. The van der Waals surface area contributed by atoms with Crippen LogP contribution in [-0.2, 0) is 0 Å². The maximum absolute atomic E-state index is 11.9. The van der Waals surface area contributed by atoms with Crippen molar-refractivity contribution < 1.29 is 9.21 Å². The van der Waals surface area contributed by atoms with Crippen LogP contribution in [0.25, 0.3) is 11.3 Å². The highest BCUT2D eigenvalue weighted by Crippen LogP contribution is 2.26. The number of anilines is 3. The lowest BCUT2D eigenvalue weighted by atomic mass is 9.91. The van der Waals surface area contributed by atoms with Crippen LogP contribution in [0.5, 0.6) is 0 Å². The summed E-state index contributed by atoms with van der Waals surface area (Å²) in [6.07, 6.45) is 8.61. The molecule has 0 aliphatic heterocycles. The highest BCUT2D eigenvalue weighted by molar-refractivity contribution is 5.98. The van der Waals surface area contributed by atoms with Gasteiger partial charge in [-0.25, -0.2) is 9.97 Å². The molecule has 0 radical (unpaired) electrons. The molecule has 1 amide bonds. The van der Waals surface area contributed by atoms with Crippen molar-refractivity contribution in [3.05, 3.63) is 48.6 Å². The van der Waals surface area contributed by atoms with E-state index in [2.05, 4.69) is 25.6 Å². The number of hydrogen-bond acceptors (Lipinski definition) is 8. The molecule has 3 aromatic rings. The van der Waals surface area contributed by atoms with E-state index in [9.17, 15) is 4.79 Å². The quantitative estimate of drug-likeness (QED) is 0.500. The number of rotatable bonds is 6. The fourth-order valence-electron chi connectivity index (χ4n) is 3.48. The number of nitrogens with two attached hydrogens (primary N) is 2. The zero-order chi connectivity index (χ0) is 20.2. The molecule has 0 bridgehead atoms. The van der Waals surface area contributed by atoms with Crippen molar-refractivity contribution in [3.63, 3.8) is 0 Å². The molecule has 4 rings (SSSR count). The van der Waals surface area contributed by atoms with E-state index in [4.69, 9.17) is 15.9 Å². The SMILES string of the molecule is NC(=O)c1cnc(N[C@@H]2CCCC[C@@H]2N)nc1Nc1cccc(-c2cnco2)c1. The summed E-state index contributed by atoms with van der Waals surface area (Å²) in [5.41, 5.74) is 13.5. The van der Waals surface area contributed by atoms with Gasteiger partial charge in [0, 0.05) is 29.5 Å². The molecule has 1 aliphatic rings. The Hall–Kier alpha value is -3.46. The topological polar surface area (TPSA) is 145 Å². The predicted molar refractivity (Wildman–Crippen MR) is 110 cm³/mol. The molecule has 0 spiro atoms. The number of amides is 1. The lowest BCUT2D eigenvalue weighted by Gasteiger charge is -2.29. The van der Waals surface area contributed by atoms with E-state index in [-0.39, 0.29) is 17.6 Å². The molecule has 2 atom stereocenters. The van der Waals surface area contributed by atoms with Crippen LogP contribution < -0.4 is 22.1 Å². The molecule has 6 N–H and O–H groups in total. The van der Waals surface area contributed by atoms with Gasteiger partial charge in [0.1, 0.15) is 11.4 Å². The third kappa shape index (κ3) is 4.35. The van der Waals surface area contributed by atoms with Crippen molar-refractivity contribution in [2.75, 3.05) is 10.6 Å². The number of nitrogens with zero attached hydrogens (tertiary/aromatic N) is 3. The van der Waals surface area contributed by atoms with Gasteiger partial charge in [-0.15, -0.1) is 0 Å². The summed E-state index contributed by atoms with van der Waals surface area (Å²) in [6.45, 7) is 0. The Labute approximate surface area is 167 Å². The monoisotopic (exact) mass is 393 g/mol. The Bertz CT molecular complexity index is 990. The third-order valence-electron chi connectivity index (χ3n) is 5.03. The number of oxazole rings is 1. The van der Waals surface area contributed by atoms with Gasteiger partial charge in [0.25, 0.3) is 5.91 Å². The molecule has 1 aliphatic carbocycles. The molecule has 29 heavy (non-hydrogen) atoms. The predicted octanol–water partition coefficient (Wildman–Crippen LogP) is 2.66. The number of nitrogens with one attached hydrogen (secondary N) is 2. The first-order valence-electron chi connectivity index (χ1n) is 9.55. The molecule has 0 unspecified atom stereocenters.